The molecule has 162 valence electrons. The smallest absolute Gasteiger partial charge is 0.395 e. The zero-order valence-corrected chi connectivity index (χ0v) is 18.4. The van der Waals surface area contributed by atoms with Crippen molar-refractivity contribution < 1.29 is 44.8 Å². The maximum atomic E-state index is 14.1. The molecule has 12 heteroatoms. The maximum Gasteiger partial charge on any atom is 0.585 e. The molecule has 0 heterocycles. The highest BCUT2D eigenvalue weighted by molar-refractivity contribution is 14.0. The predicted octanol–water partition coefficient (Wildman–Crippen LogP) is 6.48. The Morgan fingerprint density at radius 1 is 0.931 bits per heavy atom. The number of aryl methyl sites for hydroxylation is 1. The molecule has 2 rings (SSSR count). The van der Waals surface area contributed by atoms with Crippen molar-refractivity contribution in [2.75, 3.05) is 0 Å². The third kappa shape index (κ3) is 5.37. The summed E-state index contributed by atoms with van der Waals surface area (Å²) >= 11 is 0. The molecule has 1 unspecified atom stereocenters. The number of halogens is 7. The molecule has 2 aromatic rings. The van der Waals surface area contributed by atoms with Gasteiger partial charge in [-0.2, -0.15) is 8.78 Å². The van der Waals surface area contributed by atoms with Gasteiger partial charge in [0.25, 0.3) is 5.92 Å². The van der Waals surface area contributed by atoms with Gasteiger partial charge in [-0.1, -0.05) is 31.5 Å². The number of alkyl halides is 2. The topological polar surface area (TPSA) is 55.8 Å². The number of phosphoric acid groups is 1. The van der Waals surface area contributed by atoms with Crippen LogP contribution in [0.25, 0.3) is 0 Å². The molecule has 2 aromatic carbocycles. The van der Waals surface area contributed by atoms with Gasteiger partial charge in [0.15, 0.2) is 11.6 Å². The Bertz CT molecular complexity index is 908. The van der Waals surface area contributed by atoms with Crippen LogP contribution in [0.1, 0.15) is 25.0 Å². The standard InChI is InChI=1S/C17H15F6O4P.HI/c1-8(2)17(22,23)11-12(18)14(20)16(15(21)13(11)19)27-28(24,25)26-10-6-4-9(3)5-7-10;/h4-8H,1-3H3,(H,24,25);1H. The summed E-state index contributed by atoms with van der Waals surface area (Å²) in [6.07, 6.45) is 0. The van der Waals surface area contributed by atoms with Crippen LogP contribution < -0.4 is 9.05 Å². The van der Waals surface area contributed by atoms with Crippen molar-refractivity contribution >= 4 is 31.8 Å². The summed E-state index contributed by atoms with van der Waals surface area (Å²) in [4.78, 5) is 9.62. The van der Waals surface area contributed by atoms with Gasteiger partial charge in [-0.25, -0.2) is 22.1 Å². The number of benzene rings is 2. The average molecular weight is 556 g/mol. The van der Waals surface area contributed by atoms with Crippen molar-refractivity contribution in [3.63, 3.8) is 0 Å². The predicted molar refractivity (Wildman–Crippen MR) is 103 cm³/mol. The van der Waals surface area contributed by atoms with Crippen LogP contribution in [0.4, 0.5) is 26.3 Å². The van der Waals surface area contributed by atoms with Gasteiger partial charge in [0.1, 0.15) is 5.75 Å². The van der Waals surface area contributed by atoms with E-state index in [0.29, 0.717) is 0 Å². The molecule has 0 aromatic heterocycles. The highest BCUT2D eigenvalue weighted by Gasteiger charge is 2.45. The molecule has 1 atom stereocenters. The first-order valence-corrected chi connectivity index (χ1v) is 9.30. The lowest BCUT2D eigenvalue weighted by atomic mass is 9.96. The van der Waals surface area contributed by atoms with E-state index in [1.165, 1.54) is 24.3 Å². The Hall–Kier alpha value is -1.46. The molecular formula is C17H16F6IO4P. The SMILES string of the molecule is Cc1ccc(OP(=O)(O)Oc2c(F)c(F)c(C(F)(F)C(C)C)c(F)c2F)cc1.I. The van der Waals surface area contributed by atoms with Crippen molar-refractivity contribution in [1.29, 1.82) is 0 Å². The summed E-state index contributed by atoms with van der Waals surface area (Å²) < 4.78 is 105. The molecule has 0 aliphatic carbocycles. The molecule has 0 saturated heterocycles. The Morgan fingerprint density at radius 2 is 1.38 bits per heavy atom. The number of hydrogen-bond donors (Lipinski definition) is 1. The minimum absolute atomic E-state index is 0. The Balaban J connectivity index is 0.00000420. The van der Waals surface area contributed by atoms with E-state index in [4.69, 9.17) is 0 Å². The third-order valence-electron chi connectivity index (χ3n) is 3.73. The van der Waals surface area contributed by atoms with Gasteiger partial charge < -0.3 is 9.05 Å². The fourth-order valence-corrected chi connectivity index (χ4v) is 2.96. The number of rotatable bonds is 6. The van der Waals surface area contributed by atoms with Gasteiger partial charge >= 0.3 is 7.82 Å². The van der Waals surface area contributed by atoms with Gasteiger partial charge in [0.2, 0.25) is 17.4 Å². The second-order valence-electron chi connectivity index (χ2n) is 6.20. The normalized spacial score (nSPS) is 13.6. The van der Waals surface area contributed by atoms with Crippen molar-refractivity contribution in [3.8, 4) is 11.5 Å². The average Bonchev–Trinajstić information content (AvgIpc) is 2.58. The van der Waals surface area contributed by atoms with Crippen molar-refractivity contribution in [2.24, 2.45) is 5.92 Å². The molecule has 0 bridgehead atoms. The quantitative estimate of drug-likeness (QED) is 0.192. The van der Waals surface area contributed by atoms with Crippen LogP contribution in [0.2, 0.25) is 0 Å². The van der Waals surface area contributed by atoms with E-state index in [-0.39, 0.29) is 29.7 Å². The molecule has 0 spiro atoms. The highest BCUT2D eigenvalue weighted by Crippen LogP contribution is 2.48. The molecule has 0 saturated carbocycles. The van der Waals surface area contributed by atoms with E-state index in [1.807, 2.05) is 0 Å². The van der Waals surface area contributed by atoms with Crippen LogP contribution in [0.5, 0.6) is 11.5 Å². The van der Waals surface area contributed by atoms with Crippen LogP contribution in [-0.2, 0) is 10.5 Å². The molecular weight excluding hydrogens is 540 g/mol. The van der Waals surface area contributed by atoms with Gasteiger partial charge in [0, 0.05) is 5.92 Å². The van der Waals surface area contributed by atoms with Crippen LogP contribution >= 0.6 is 31.8 Å². The summed E-state index contributed by atoms with van der Waals surface area (Å²) in [5.41, 5.74) is -1.39. The van der Waals surface area contributed by atoms with E-state index in [9.17, 15) is 35.8 Å². The van der Waals surface area contributed by atoms with Crippen LogP contribution in [0.15, 0.2) is 24.3 Å². The van der Waals surface area contributed by atoms with Crippen molar-refractivity contribution in [3.05, 3.63) is 58.7 Å². The fourth-order valence-electron chi connectivity index (χ4n) is 2.14. The summed E-state index contributed by atoms with van der Waals surface area (Å²) in [7, 11) is -5.32. The molecule has 1 N–H and O–H groups in total. The third-order valence-corrected chi connectivity index (χ3v) is 4.58. The second kappa shape index (κ2) is 9.13. The molecule has 29 heavy (non-hydrogen) atoms. The van der Waals surface area contributed by atoms with E-state index in [2.05, 4.69) is 9.05 Å². The van der Waals surface area contributed by atoms with Crippen LogP contribution in [0.3, 0.4) is 0 Å². The molecule has 4 nitrogen and oxygen atoms in total. The molecule has 0 aliphatic rings. The minimum atomic E-state index is -5.32. The monoisotopic (exact) mass is 556 g/mol. The van der Waals surface area contributed by atoms with Crippen molar-refractivity contribution in [2.45, 2.75) is 26.7 Å². The summed E-state index contributed by atoms with van der Waals surface area (Å²) in [5.74, 6) is -17.9. The van der Waals surface area contributed by atoms with Gasteiger partial charge in [-0.15, -0.1) is 24.0 Å². The summed E-state index contributed by atoms with van der Waals surface area (Å²) in [6, 6.07) is 5.39. The second-order valence-corrected chi connectivity index (χ2v) is 7.50. The molecule has 0 radical (unpaired) electrons. The van der Waals surface area contributed by atoms with Crippen LogP contribution in [0, 0.1) is 36.1 Å². The van der Waals surface area contributed by atoms with Crippen molar-refractivity contribution in [1.82, 2.24) is 0 Å². The summed E-state index contributed by atoms with van der Waals surface area (Å²) in [5, 5.41) is 0. The Labute approximate surface area is 179 Å². The van der Waals surface area contributed by atoms with E-state index < -0.39 is 54.2 Å². The van der Waals surface area contributed by atoms with Gasteiger partial charge in [-0.05, 0) is 19.1 Å². The Morgan fingerprint density at radius 3 is 1.79 bits per heavy atom. The summed E-state index contributed by atoms with van der Waals surface area (Å²) in [6.45, 7) is 3.47. The minimum Gasteiger partial charge on any atom is -0.395 e. The first-order valence-electron chi connectivity index (χ1n) is 7.80. The van der Waals surface area contributed by atoms with Gasteiger partial charge in [0.05, 0.1) is 5.56 Å². The van der Waals surface area contributed by atoms with E-state index in [0.717, 1.165) is 19.4 Å². The number of hydrogen-bond acceptors (Lipinski definition) is 3. The first kappa shape index (κ1) is 25.6. The van der Waals surface area contributed by atoms with Crippen LogP contribution in [-0.4, -0.2) is 4.89 Å². The zero-order valence-electron chi connectivity index (χ0n) is 15.2. The van der Waals surface area contributed by atoms with Gasteiger partial charge in [-0.3, -0.25) is 4.89 Å². The highest BCUT2D eigenvalue weighted by atomic mass is 127. The maximum absolute atomic E-state index is 14.1. The molecule has 0 fully saturated rings. The Kier molecular flexibility index (Phi) is 8.05. The number of phosphoric ester groups is 1. The lowest BCUT2D eigenvalue weighted by Crippen LogP contribution is -2.26. The zero-order chi connectivity index (χ0) is 21.4. The van der Waals surface area contributed by atoms with E-state index >= 15 is 0 Å². The molecule has 0 amide bonds. The lowest BCUT2D eigenvalue weighted by Gasteiger charge is -2.23. The lowest BCUT2D eigenvalue weighted by molar-refractivity contribution is -0.0586. The molecule has 0 aliphatic heterocycles. The first-order chi connectivity index (χ1) is 12.8. The fraction of sp³-hybridized carbons (Fsp3) is 0.294. The van der Waals surface area contributed by atoms with E-state index in [1.54, 1.807) is 6.92 Å². The largest absolute Gasteiger partial charge is 0.585 e.